The summed E-state index contributed by atoms with van der Waals surface area (Å²) in [5.74, 6) is 0.152. The van der Waals surface area contributed by atoms with Gasteiger partial charge in [-0.3, -0.25) is 4.79 Å². The fourth-order valence-electron chi connectivity index (χ4n) is 1.66. The van der Waals surface area contributed by atoms with Crippen LogP contribution in [-0.4, -0.2) is 10.9 Å². The molecule has 0 unspecified atom stereocenters. The van der Waals surface area contributed by atoms with E-state index in [1.54, 1.807) is 12.1 Å². The number of thioether (sulfide) groups is 1. The fourth-order valence-corrected chi connectivity index (χ4v) is 2.72. The molecule has 2 aromatic carbocycles. The van der Waals surface area contributed by atoms with Crippen LogP contribution in [0.25, 0.3) is 0 Å². The van der Waals surface area contributed by atoms with Crippen molar-refractivity contribution in [2.75, 3.05) is 0 Å². The van der Waals surface area contributed by atoms with Crippen molar-refractivity contribution < 1.29 is 9.90 Å². The van der Waals surface area contributed by atoms with Gasteiger partial charge < -0.3 is 5.11 Å². The van der Waals surface area contributed by atoms with E-state index in [0.717, 1.165) is 9.79 Å². The summed E-state index contributed by atoms with van der Waals surface area (Å²) in [6.45, 7) is 5.67. The number of benzene rings is 2. The van der Waals surface area contributed by atoms with E-state index >= 15 is 0 Å². The van der Waals surface area contributed by atoms with Crippen molar-refractivity contribution in [3.8, 4) is 5.75 Å². The molecule has 4 heteroatoms. The lowest BCUT2D eigenvalue weighted by Gasteiger charge is -1.94. The zero-order valence-corrected chi connectivity index (χ0v) is 12.7. The Morgan fingerprint density at radius 2 is 1.80 bits per heavy atom. The highest BCUT2D eigenvalue weighted by Crippen LogP contribution is 2.40. The summed E-state index contributed by atoms with van der Waals surface area (Å²) >= 11 is 5.44. The Kier molecular flexibility index (Phi) is 4.57. The van der Waals surface area contributed by atoms with E-state index in [-0.39, 0.29) is 11.5 Å². The molecule has 0 aromatic heterocycles. The maximum atomic E-state index is 11.3. The number of hydrogen-bond donors (Lipinski definition) is 2. The van der Waals surface area contributed by atoms with Crippen LogP contribution < -0.4 is 0 Å². The van der Waals surface area contributed by atoms with Crippen LogP contribution in [0.3, 0.4) is 0 Å². The number of aryl methyl sites for hydroxylation is 1. The predicted molar refractivity (Wildman–Crippen MR) is 85.9 cm³/mol. The zero-order chi connectivity index (χ0) is 14.7. The highest BCUT2D eigenvalue weighted by molar-refractivity contribution is 8.04. The SMILES string of the molecule is C=C1Sc2cc(O)ccc2C1=O.Cc1ccc(S)cc1. The van der Waals surface area contributed by atoms with Gasteiger partial charge in [-0.2, -0.15) is 0 Å². The molecule has 0 saturated carbocycles. The molecule has 0 radical (unpaired) electrons. The summed E-state index contributed by atoms with van der Waals surface area (Å²) in [7, 11) is 0. The largest absolute Gasteiger partial charge is 0.508 e. The second-order valence-corrected chi connectivity index (χ2v) is 6.02. The van der Waals surface area contributed by atoms with E-state index in [4.69, 9.17) is 5.11 Å². The summed E-state index contributed by atoms with van der Waals surface area (Å²) in [6, 6.07) is 12.8. The van der Waals surface area contributed by atoms with E-state index in [2.05, 4.69) is 26.1 Å². The smallest absolute Gasteiger partial charge is 0.200 e. The van der Waals surface area contributed by atoms with Crippen LogP contribution in [0.5, 0.6) is 5.75 Å². The summed E-state index contributed by atoms with van der Waals surface area (Å²) in [4.78, 5) is 13.6. The Labute approximate surface area is 127 Å². The maximum Gasteiger partial charge on any atom is 0.200 e. The van der Waals surface area contributed by atoms with Crippen molar-refractivity contribution in [2.45, 2.75) is 16.7 Å². The highest BCUT2D eigenvalue weighted by Gasteiger charge is 2.23. The first-order valence-corrected chi connectivity index (χ1v) is 7.24. The Morgan fingerprint density at radius 1 is 1.15 bits per heavy atom. The lowest BCUT2D eigenvalue weighted by atomic mass is 10.1. The third-order valence-corrected chi connectivity index (χ3v) is 4.02. The summed E-state index contributed by atoms with van der Waals surface area (Å²) in [5.41, 5.74) is 1.92. The molecule has 1 aliphatic rings. The molecule has 0 aliphatic carbocycles. The molecule has 2 aromatic rings. The molecular formula is C16H14O2S2. The molecule has 0 amide bonds. The van der Waals surface area contributed by atoms with Crippen LogP contribution in [0.2, 0.25) is 0 Å². The number of phenolic OH excluding ortho intramolecular Hbond substituents is 1. The number of allylic oxidation sites excluding steroid dienone is 1. The minimum atomic E-state index is -0.0324. The zero-order valence-electron chi connectivity index (χ0n) is 11.0. The van der Waals surface area contributed by atoms with Crippen molar-refractivity contribution in [2.24, 2.45) is 0 Å². The number of carbonyl (C=O) groups excluding carboxylic acids is 1. The lowest BCUT2D eigenvalue weighted by Crippen LogP contribution is -1.91. The predicted octanol–water partition coefficient (Wildman–Crippen LogP) is 4.48. The molecular weight excluding hydrogens is 288 g/mol. The fraction of sp³-hybridized carbons (Fsp3) is 0.0625. The van der Waals surface area contributed by atoms with E-state index in [9.17, 15) is 4.79 Å². The first-order valence-electron chi connectivity index (χ1n) is 5.97. The van der Waals surface area contributed by atoms with Gasteiger partial charge in [-0.05, 0) is 37.3 Å². The molecule has 0 spiro atoms. The van der Waals surface area contributed by atoms with Gasteiger partial charge in [-0.15, -0.1) is 12.6 Å². The summed E-state index contributed by atoms with van der Waals surface area (Å²) < 4.78 is 0. The molecule has 3 rings (SSSR count). The molecule has 0 saturated heterocycles. The average molecular weight is 302 g/mol. The van der Waals surface area contributed by atoms with Crippen LogP contribution >= 0.6 is 24.4 Å². The quantitative estimate of drug-likeness (QED) is 0.556. The van der Waals surface area contributed by atoms with Crippen LogP contribution in [0, 0.1) is 6.92 Å². The van der Waals surface area contributed by atoms with Gasteiger partial charge in [0.05, 0.1) is 4.91 Å². The van der Waals surface area contributed by atoms with Crippen LogP contribution in [-0.2, 0) is 0 Å². The first kappa shape index (κ1) is 14.8. The molecule has 20 heavy (non-hydrogen) atoms. The molecule has 2 nitrogen and oxygen atoms in total. The Balaban J connectivity index is 0.000000160. The van der Waals surface area contributed by atoms with E-state index in [0.29, 0.717) is 10.5 Å². The maximum absolute atomic E-state index is 11.3. The highest BCUT2D eigenvalue weighted by atomic mass is 32.2. The molecule has 1 N–H and O–H groups in total. The van der Waals surface area contributed by atoms with Gasteiger partial charge in [0.15, 0.2) is 5.78 Å². The number of aromatic hydroxyl groups is 1. The van der Waals surface area contributed by atoms with E-state index in [1.165, 1.54) is 23.4 Å². The van der Waals surface area contributed by atoms with E-state index < -0.39 is 0 Å². The van der Waals surface area contributed by atoms with Crippen molar-refractivity contribution in [1.82, 2.24) is 0 Å². The number of Topliss-reactive ketones (excluding diaryl/α,β-unsaturated/α-hetero) is 1. The molecule has 0 atom stereocenters. The number of rotatable bonds is 0. The number of hydrogen-bond acceptors (Lipinski definition) is 4. The van der Waals surface area contributed by atoms with Crippen molar-refractivity contribution in [3.05, 3.63) is 65.1 Å². The number of ketones is 1. The van der Waals surface area contributed by atoms with E-state index in [1.807, 2.05) is 24.3 Å². The Morgan fingerprint density at radius 3 is 2.40 bits per heavy atom. The third-order valence-electron chi connectivity index (χ3n) is 2.73. The molecule has 0 bridgehead atoms. The van der Waals surface area contributed by atoms with Gasteiger partial charge in [-0.25, -0.2) is 0 Å². The van der Waals surface area contributed by atoms with Crippen molar-refractivity contribution >= 4 is 30.2 Å². The van der Waals surface area contributed by atoms with Gasteiger partial charge in [0.1, 0.15) is 5.75 Å². The monoisotopic (exact) mass is 302 g/mol. The molecule has 102 valence electrons. The molecule has 0 fully saturated rings. The Bertz CT molecular complexity index is 640. The number of carbonyl (C=O) groups is 1. The molecule has 1 aliphatic heterocycles. The van der Waals surface area contributed by atoms with Gasteiger partial charge in [0, 0.05) is 15.4 Å². The molecule has 1 heterocycles. The van der Waals surface area contributed by atoms with Crippen LogP contribution in [0.15, 0.2) is 63.7 Å². The minimum Gasteiger partial charge on any atom is -0.508 e. The second kappa shape index (κ2) is 6.20. The van der Waals surface area contributed by atoms with Crippen LogP contribution in [0.4, 0.5) is 0 Å². The second-order valence-electron chi connectivity index (χ2n) is 4.37. The third kappa shape index (κ3) is 3.46. The Hall–Kier alpha value is -1.65. The first-order chi connectivity index (χ1) is 9.47. The van der Waals surface area contributed by atoms with Gasteiger partial charge in [0.25, 0.3) is 0 Å². The normalized spacial score (nSPS) is 12.7. The topological polar surface area (TPSA) is 37.3 Å². The standard InChI is InChI=1S/C9H6O2S.C7H8S/c1-5-9(11)7-3-2-6(10)4-8(7)12-5;1-6-2-4-7(8)5-3-6/h2-4,10H,1H2;2-5,8H,1H3. The number of phenols is 1. The number of thiol groups is 1. The summed E-state index contributed by atoms with van der Waals surface area (Å²) in [5, 5.41) is 9.11. The minimum absolute atomic E-state index is 0.0324. The van der Waals surface area contributed by atoms with Gasteiger partial charge >= 0.3 is 0 Å². The summed E-state index contributed by atoms with van der Waals surface area (Å²) in [6.07, 6.45) is 0. The lowest BCUT2D eigenvalue weighted by molar-refractivity contribution is 0.104. The van der Waals surface area contributed by atoms with Crippen molar-refractivity contribution in [1.29, 1.82) is 0 Å². The van der Waals surface area contributed by atoms with Gasteiger partial charge in [0.2, 0.25) is 0 Å². The van der Waals surface area contributed by atoms with Gasteiger partial charge in [-0.1, -0.05) is 36.0 Å². The average Bonchev–Trinajstić information content (AvgIpc) is 2.69. The van der Waals surface area contributed by atoms with Crippen molar-refractivity contribution in [3.63, 3.8) is 0 Å². The van der Waals surface area contributed by atoms with Crippen LogP contribution in [0.1, 0.15) is 15.9 Å². The number of fused-ring (bicyclic) bond motifs is 1.